The Hall–Kier alpha value is -2.48. The number of likely N-dealkylation sites (tertiary alicyclic amines) is 1. The largest absolute Gasteiger partial charge is 0.353 e. The molecule has 8 heteroatoms. The van der Waals surface area contributed by atoms with Crippen molar-refractivity contribution in [3.8, 4) is 0 Å². The van der Waals surface area contributed by atoms with Gasteiger partial charge in [-0.2, -0.15) is 0 Å². The van der Waals surface area contributed by atoms with Gasteiger partial charge in [0, 0.05) is 50.4 Å². The van der Waals surface area contributed by atoms with Crippen molar-refractivity contribution in [3.05, 3.63) is 40.0 Å². The zero-order valence-electron chi connectivity index (χ0n) is 18.6. The van der Waals surface area contributed by atoms with E-state index in [1.807, 2.05) is 35.4 Å². The highest BCUT2D eigenvalue weighted by Crippen LogP contribution is 2.24. The van der Waals surface area contributed by atoms with Crippen molar-refractivity contribution in [2.24, 2.45) is 0 Å². The van der Waals surface area contributed by atoms with Gasteiger partial charge in [-0.15, -0.1) is 11.3 Å². The van der Waals surface area contributed by atoms with Crippen molar-refractivity contribution in [2.75, 3.05) is 37.6 Å². The molecule has 0 spiro atoms. The first-order valence-electron chi connectivity index (χ1n) is 11.2. The topological polar surface area (TPSA) is 69.6 Å². The van der Waals surface area contributed by atoms with Crippen LogP contribution in [0, 0.1) is 6.92 Å². The Balaban J connectivity index is 1.42. The highest BCUT2D eigenvalue weighted by atomic mass is 32.1. The molecule has 4 rings (SSSR count). The van der Waals surface area contributed by atoms with E-state index >= 15 is 0 Å². The number of carbonyl (C=O) groups excluding carboxylic acids is 2. The van der Waals surface area contributed by atoms with Crippen LogP contribution in [0.25, 0.3) is 0 Å². The molecule has 0 bridgehead atoms. The molecule has 2 fully saturated rings. The predicted octanol–water partition coefficient (Wildman–Crippen LogP) is 3.31. The summed E-state index contributed by atoms with van der Waals surface area (Å²) < 4.78 is 0. The summed E-state index contributed by atoms with van der Waals surface area (Å²) in [5.74, 6) is 2.16. The number of carbonyl (C=O) groups is 2. The van der Waals surface area contributed by atoms with E-state index in [9.17, 15) is 9.59 Å². The normalized spacial score (nSPS) is 19.7. The number of rotatable bonds is 4. The molecule has 7 nitrogen and oxygen atoms in total. The molecule has 2 aliphatic heterocycles. The lowest BCUT2D eigenvalue weighted by molar-refractivity contribution is -0.137. The molecule has 0 aromatic carbocycles. The summed E-state index contributed by atoms with van der Waals surface area (Å²) in [5.41, 5.74) is 0.970. The van der Waals surface area contributed by atoms with E-state index in [0.717, 1.165) is 49.7 Å². The summed E-state index contributed by atoms with van der Waals surface area (Å²) >= 11 is 1.44. The molecule has 0 aliphatic carbocycles. The molecule has 2 amide bonds. The first-order chi connectivity index (χ1) is 14.9. The zero-order chi connectivity index (χ0) is 22.0. The van der Waals surface area contributed by atoms with Crippen LogP contribution in [0.15, 0.2) is 23.6 Å². The fourth-order valence-electron chi connectivity index (χ4n) is 4.33. The summed E-state index contributed by atoms with van der Waals surface area (Å²) in [7, 11) is 0. The van der Waals surface area contributed by atoms with Crippen LogP contribution in [0.3, 0.4) is 0 Å². The van der Waals surface area contributed by atoms with Gasteiger partial charge in [-0.3, -0.25) is 9.59 Å². The minimum absolute atomic E-state index is 0.00985. The Kier molecular flexibility index (Phi) is 6.55. The molecular formula is C23H31N5O2S. The number of hydrogen-bond donors (Lipinski definition) is 0. The maximum absolute atomic E-state index is 13.4. The zero-order valence-corrected chi connectivity index (χ0v) is 19.4. The minimum atomic E-state index is -0.344. The van der Waals surface area contributed by atoms with Crippen LogP contribution in [-0.4, -0.2) is 70.3 Å². The third-order valence-corrected chi connectivity index (χ3v) is 6.93. The van der Waals surface area contributed by atoms with Crippen molar-refractivity contribution in [1.29, 1.82) is 0 Å². The highest BCUT2D eigenvalue weighted by Gasteiger charge is 2.36. The molecule has 0 radical (unpaired) electrons. The fraction of sp³-hybridized carbons (Fsp3) is 0.565. The average Bonchev–Trinajstić information content (AvgIpc) is 3.33. The van der Waals surface area contributed by atoms with Gasteiger partial charge in [-0.25, -0.2) is 9.97 Å². The molecule has 2 aromatic heterocycles. The average molecular weight is 442 g/mol. The second kappa shape index (κ2) is 9.34. The van der Waals surface area contributed by atoms with Gasteiger partial charge in [0.15, 0.2) is 0 Å². The van der Waals surface area contributed by atoms with Gasteiger partial charge in [0.05, 0.1) is 4.88 Å². The SMILES string of the molecule is Cc1cc(N2CCN(C(=O)[C@@H]3CCCCN3C(=O)c3cccs3)CC2)nc(C(C)C)n1. The van der Waals surface area contributed by atoms with E-state index in [0.29, 0.717) is 24.5 Å². The van der Waals surface area contributed by atoms with E-state index in [-0.39, 0.29) is 23.8 Å². The Morgan fingerprint density at radius 1 is 1.10 bits per heavy atom. The lowest BCUT2D eigenvalue weighted by Gasteiger charge is -2.41. The highest BCUT2D eigenvalue weighted by molar-refractivity contribution is 7.12. The van der Waals surface area contributed by atoms with Gasteiger partial charge in [0.25, 0.3) is 5.91 Å². The molecule has 2 aromatic rings. The van der Waals surface area contributed by atoms with E-state index in [2.05, 4.69) is 23.7 Å². The third-order valence-electron chi connectivity index (χ3n) is 6.07. The van der Waals surface area contributed by atoms with Gasteiger partial charge in [-0.05, 0) is 37.6 Å². The second-order valence-corrected chi connectivity index (χ2v) is 9.63. The van der Waals surface area contributed by atoms with Crippen molar-refractivity contribution in [2.45, 2.75) is 52.0 Å². The number of aromatic nitrogens is 2. The smallest absolute Gasteiger partial charge is 0.264 e. The van der Waals surface area contributed by atoms with Crippen LogP contribution in [0.2, 0.25) is 0 Å². The van der Waals surface area contributed by atoms with E-state index in [4.69, 9.17) is 4.98 Å². The number of piperazine rings is 1. The molecular weight excluding hydrogens is 410 g/mol. The maximum atomic E-state index is 13.4. The predicted molar refractivity (Wildman–Crippen MR) is 123 cm³/mol. The summed E-state index contributed by atoms with van der Waals surface area (Å²) in [6.45, 7) is 9.64. The quantitative estimate of drug-likeness (QED) is 0.728. The van der Waals surface area contributed by atoms with Crippen molar-refractivity contribution >= 4 is 29.0 Å². The third kappa shape index (κ3) is 4.74. The first kappa shape index (κ1) is 21.7. The van der Waals surface area contributed by atoms with Crippen LogP contribution in [-0.2, 0) is 4.79 Å². The molecule has 166 valence electrons. The second-order valence-electron chi connectivity index (χ2n) is 8.68. The van der Waals surface area contributed by atoms with Crippen LogP contribution < -0.4 is 4.90 Å². The number of hydrogen-bond acceptors (Lipinski definition) is 6. The molecule has 0 saturated carbocycles. The van der Waals surface area contributed by atoms with E-state index in [1.54, 1.807) is 4.90 Å². The monoisotopic (exact) mass is 441 g/mol. The van der Waals surface area contributed by atoms with Crippen molar-refractivity contribution in [3.63, 3.8) is 0 Å². The number of amides is 2. The van der Waals surface area contributed by atoms with E-state index in [1.165, 1.54) is 11.3 Å². The summed E-state index contributed by atoms with van der Waals surface area (Å²) in [6.07, 6.45) is 2.70. The summed E-state index contributed by atoms with van der Waals surface area (Å²) in [5, 5.41) is 1.91. The Morgan fingerprint density at radius 3 is 2.55 bits per heavy atom. The Labute approximate surface area is 188 Å². The first-order valence-corrected chi connectivity index (χ1v) is 12.1. The molecule has 31 heavy (non-hydrogen) atoms. The fourth-order valence-corrected chi connectivity index (χ4v) is 5.01. The lowest BCUT2D eigenvalue weighted by atomic mass is 10.00. The van der Waals surface area contributed by atoms with Crippen LogP contribution in [0.1, 0.15) is 60.2 Å². The number of piperidine rings is 1. The minimum Gasteiger partial charge on any atom is -0.353 e. The number of nitrogens with zero attached hydrogens (tertiary/aromatic N) is 5. The molecule has 1 atom stereocenters. The summed E-state index contributed by atoms with van der Waals surface area (Å²) in [4.78, 5) is 42.3. The standard InChI is InChI=1S/C23H31N5O2S/c1-16(2)21-24-17(3)15-20(25-21)26-10-12-27(13-11-26)22(29)18-7-4-5-9-28(18)23(30)19-8-6-14-31-19/h6,8,14-16,18H,4-5,7,9-13H2,1-3H3/t18-/m0/s1. The van der Waals surface area contributed by atoms with Crippen LogP contribution in [0.4, 0.5) is 5.82 Å². The number of thiophene rings is 1. The molecule has 2 saturated heterocycles. The van der Waals surface area contributed by atoms with Gasteiger partial charge < -0.3 is 14.7 Å². The van der Waals surface area contributed by atoms with Crippen LogP contribution in [0.5, 0.6) is 0 Å². The Morgan fingerprint density at radius 2 is 1.87 bits per heavy atom. The van der Waals surface area contributed by atoms with Crippen molar-refractivity contribution in [1.82, 2.24) is 19.8 Å². The van der Waals surface area contributed by atoms with Gasteiger partial charge in [-0.1, -0.05) is 19.9 Å². The molecule has 0 unspecified atom stereocenters. The summed E-state index contributed by atoms with van der Waals surface area (Å²) in [6, 6.07) is 5.41. The lowest BCUT2D eigenvalue weighted by Crippen LogP contribution is -2.57. The number of aryl methyl sites for hydroxylation is 1. The maximum Gasteiger partial charge on any atom is 0.264 e. The number of anilines is 1. The van der Waals surface area contributed by atoms with E-state index < -0.39 is 0 Å². The van der Waals surface area contributed by atoms with Gasteiger partial charge in [0.2, 0.25) is 5.91 Å². The van der Waals surface area contributed by atoms with Gasteiger partial charge in [0.1, 0.15) is 17.7 Å². The Bertz CT molecular complexity index is 922. The van der Waals surface area contributed by atoms with Gasteiger partial charge >= 0.3 is 0 Å². The molecule has 0 N–H and O–H groups in total. The molecule has 4 heterocycles. The van der Waals surface area contributed by atoms with Crippen molar-refractivity contribution < 1.29 is 9.59 Å². The molecule has 2 aliphatic rings. The van der Waals surface area contributed by atoms with Crippen LogP contribution >= 0.6 is 11.3 Å².